The number of hydrogen-bond acceptors (Lipinski definition) is 4. The molecule has 0 aliphatic carbocycles. The Labute approximate surface area is 167 Å². The number of aryl methyl sites for hydroxylation is 1. The summed E-state index contributed by atoms with van der Waals surface area (Å²) >= 11 is 6.15. The van der Waals surface area contributed by atoms with Crippen LogP contribution in [0.2, 0.25) is 5.02 Å². The van der Waals surface area contributed by atoms with E-state index in [9.17, 15) is 9.18 Å². The zero-order valence-electron chi connectivity index (χ0n) is 15.3. The molecule has 144 valence electrons. The molecule has 28 heavy (non-hydrogen) atoms. The number of morpholine rings is 1. The monoisotopic (exact) mass is 399 g/mol. The van der Waals surface area contributed by atoms with E-state index in [2.05, 4.69) is 10.3 Å². The lowest BCUT2D eigenvalue weighted by Gasteiger charge is -2.28. The lowest BCUT2D eigenvalue weighted by molar-refractivity contribution is 0.0303. The van der Waals surface area contributed by atoms with Crippen LogP contribution in [0, 0.1) is 12.7 Å². The maximum atomic E-state index is 14.0. The maximum Gasteiger partial charge on any atom is 0.257 e. The summed E-state index contributed by atoms with van der Waals surface area (Å²) < 4.78 is 19.3. The first kappa shape index (κ1) is 18.7. The van der Waals surface area contributed by atoms with Crippen molar-refractivity contribution in [2.75, 3.05) is 31.6 Å². The van der Waals surface area contributed by atoms with Gasteiger partial charge in [0.15, 0.2) is 0 Å². The highest BCUT2D eigenvalue weighted by molar-refractivity contribution is 6.31. The van der Waals surface area contributed by atoms with E-state index in [-0.39, 0.29) is 5.91 Å². The van der Waals surface area contributed by atoms with Crippen LogP contribution in [0.3, 0.4) is 0 Å². The summed E-state index contributed by atoms with van der Waals surface area (Å²) in [5.41, 5.74) is 3.21. The molecule has 1 N–H and O–H groups in total. The number of halogens is 2. The van der Waals surface area contributed by atoms with Crippen LogP contribution < -0.4 is 5.32 Å². The van der Waals surface area contributed by atoms with Gasteiger partial charge in [0.05, 0.1) is 30.0 Å². The second-order valence-corrected chi connectivity index (χ2v) is 7.13. The molecule has 0 atom stereocenters. The molecule has 0 spiro atoms. The molecule has 4 rings (SSSR count). The van der Waals surface area contributed by atoms with Crippen molar-refractivity contribution in [3.05, 3.63) is 64.6 Å². The highest BCUT2D eigenvalue weighted by Gasteiger charge is 2.23. The Morgan fingerprint density at radius 2 is 2.00 bits per heavy atom. The number of amides is 1. The molecular weight excluding hydrogens is 381 g/mol. The fourth-order valence-corrected chi connectivity index (χ4v) is 3.43. The van der Waals surface area contributed by atoms with Gasteiger partial charge in [-0.1, -0.05) is 17.7 Å². The Bertz CT molecular complexity index is 1050. The summed E-state index contributed by atoms with van der Waals surface area (Å²) in [5, 5.41) is 4.41. The van der Waals surface area contributed by atoms with Gasteiger partial charge in [0.1, 0.15) is 5.82 Å². The van der Waals surface area contributed by atoms with Gasteiger partial charge in [0.25, 0.3) is 5.91 Å². The van der Waals surface area contributed by atoms with E-state index >= 15 is 0 Å². The van der Waals surface area contributed by atoms with Gasteiger partial charge in [-0.2, -0.15) is 0 Å². The van der Waals surface area contributed by atoms with Crippen molar-refractivity contribution < 1.29 is 13.9 Å². The first-order valence-corrected chi connectivity index (χ1v) is 9.39. The minimum absolute atomic E-state index is 0.163. The Balaban J connectivity index is 1.85. The largest absolute Gasteiger partial charge is 0.378 e. The van der Waals surface area contributed by atoms with E-state index in [1.165, 1.54) is 12.1 Å². The normalized spacial score (nSPS) is 14.3. The standard InChI is InChI=1S/C21H19ClFN3O2/c1-13-2-3-14(22)10-19(13)25-20-16-11-15(23)4-5-18(16)24-12-17(20)21(27)26-6-8-28-9-7-26/h2-5,10-12H,6-9H2,1H3,(H,24,25). The molecule has 1 fully saturated rings. The lowest BCUT2D eigenvalue weighted by Crippen LogP contribution is -2.41. The molecule has 0 saturated carbocycles. The molecule has 1 aliphatic heterocycles. The van der Waals surface area contributed by atoms with Crippen molar-refractivity contribution in [1.29, 1.82) is 0 Å². The van der Waals surface area contributed by atoms with Crippen LogP contribution in [0.4, 0.5) is 15.8 Å². The summed E-state index contributed by atoms with van der Waals surface area (Å²) in [6.45, 7) is 3.95. The summed E-state index contributed by atoms with van der Waals surface area (Å²) in [7, 11) is 0. The highest BCUT2D eigenvalue weighted by atomic mass is 35.5. The number of pyridine rings is 1. The number of carbonyl (C=O) groups excluding carboxylic acids is 1. The minimum Gasteiger partial charge on any atom is -0.378 e. The molecule has 3 aromatic rings. The number of carbonyl (C=O) groups is 1. The first-order valence-electron chi connectivity index (χ1n) is 9.01. The molecule has 0 radical (unpaired) electrons. The second kappa shape index (κ2) is 7.73. The van der Waals surface area contributed by atoms with E-state index in [1.807, 2.05) is 13.0 Å². The summed E-state index contributed by atoms with van der Waals surface area (Å²) in [6.07, 6.45) is 1.54. The third-order valence-corrected chi connectivity index (χ3v) is 5.05. The molecule has 0 bridgehead atoms. The second-order valence-electron chi connectivity index (χ2n) is 6.70. The van der Waals surface area contributed by atoms with Crippen LogP contribution in [-0.2, 0) is 4.74 Å². The van der Waals surface area contributed by atoms with Crippen LogP contribution >= 0.6 is 11.6 Å². The van der Waals surface area contributed by atoms with E-state index in [1.54, 1.807) is 29.3 Å². The number of nitrogens with zero attached hydrogens (tertiary/aromatic N) is 2. The van der Waals surface area contributed by atoms with Gasteiger partial charge >= 0.3 is 0 Å². The number of benzene rings is 2. The van der Waals surface area contributed by atoms with Crippen molar-refractivity contribution in [1.82, 2.24) is 9.88 Å². The quantitative estimate of drug-likeness (QED) is 0.702. The Kier molecular flexibility index (Phi) is 5.15. The molecule has 0 unspecified atom stereocenters. The van der Waals surface area contributed by atoms with Crippen molar-refractivity contribution in [2.24, 2.45) is 0 Å². The van der Waals surface area contributed by atoms with Gasteiger partial charge in [0.2, 0.25) is 0 Å². The van der Waals surface area contributed by atoms with Crippen LogP contribution in [-0.4, -0.2) is 42.1 Å². The van der Waals surface area contributed by atoms with Gasteiger partial charge in [-0.3, -0.25) is 9.78 Å². The van der Waals surface area contributed by atoms with Crippen LogP contribution in [0.1, 0.15) is 15.9 Å². The molecule has 1 saturated heterocycles. The molecular formula is C21H19ClFN3O2. The summed E-state index contributed by atoms with van der Waals surface area (Å²) in [6, 6.07) is 9.81. The van der Waals surface area contributed by atoms with E-state index in [4.69, 9.17) is 16.3 Å². The van der Waals surface area contributed by atoms with Gasteiger partial charge in [-0.15, -0.1) is 0 Å². The summed E-state index contributed by atoms with van der Waals surface area (Å²) in [4.78, 5) is 19.3. The Hall–Kier alpha value is -2.70. The van der Waals surface area contributed by atoms with Crippen LogP contribution in [0.25, 0.3) is 10.9 Å². The fourth-order valence-electron chi connectivity index (χ4n) is 3.26. The maximum absolute atomic E-state index is 14.0. The highest BCUT2D eigenvalue weighted by Crippen LogP contribution is 2.32. The zero-order valence-corrected chi connectivity index (χ0v) is 16.1. The van der Waals surface area contributed by atoms with Crippen LogP contribution in [0.5, 0.6) is 0 Å². The summed E-state index contributed by atoms with van der Waals surface area (Å²) in [5.74, 6) is -0.555. The Morgan fingerprint density at radius 1 is 1.21 bits per heavy atom. The van der Waals surface area contributed by atoms with E-state index in [0.29, 0.717) is 53.5 Å². The van der Waals surface area contributed by atoms with Crippen molar-refractivity contribution in [3.8, 4) is 0 Å². The molecule has 2 heterocycles. The van der Waals surface area contributed by atoms with Crippen molar-refractivity contribution >= 4 is 39.8 Å². The van der Waals surface area contributed by atoms with Gasteiger partial charge in [-0.25, -0.2) is 4.39 Å². The molecule has 1 aliphatic rings. The Morgan fingerprint density at radius 3 is 2.79 bits per heavy atom. The van der Waals surface area contributed by atoms with Crippen molar-refractivity contribution in [2.45, 2.75) is 6.92 Å². The number of rotatable bonds is 3. The molecule has 7 heteroatoms. The lowest BCUT2D eigenvalue weighted by atomic mass is 10.1. The number of fused-ring (bicyclic) bond motifs is 1. The topological polar surface area (TPSA) is 54.5 Å². The number of anilines is 2. The fraction of sp³-hybridized carbons (Fsp3) is 0.238. The number of aromatic nitrogens is 1. The molecule has 1 aromatic heterocycles. The molecule has 2 aromatic carbocycles. The third kappa shape index (κ3) is 3.66. The third-order valence-electron chi connectivity index (χ3n) is 4.82. The van der Waals surface area contributed by atoms with Gasteiger partial charge < -0.3 is 15.0 Å². The average molecular weight is 400 g/mol. The van der Waals surface area contributed by atoms with Crippen LogP contribution in [0.15, 0.2) is 42.6 Å². The minimum atomic E-state index is -0.392. The predicted molar refractivity (Wildman–Crippen MR) is 108 cm³/mol. The van der Waals surface area contributed by atoms with Gasteiger partial charge in [-0.05, 0) is 42.8 Å². The van der Waals surface area contributed by atoms with E-state index in [0.717, 1.165) is 11.3 Å². The number of nitrogens with one attached hydrogen (secondary N) is 1. The zero-order chi connectivity index (χ0) is 19.7. The smallest absolute Gasteiger partial charge is 0.257 e. The molecule has 1 amide bonds. The number of hydrogen-bond donors (Lipinski definition) is 1. The predicted octanol–water partition coefficient (Wildman–Crippen LogP) is 4.55. The van der Waals surface area contributed by atoms with Crippen molar-refractivity contribution in [3.63, 3.8) is 0 Å². The number of ether oxygens (including phenoxy) is 1. The van der Waals surface area contributed by atoms with E-state index < -0.39 is 5.82 Å². The SMILES string of the molecule is Cc1ccc(Cl)cc1Nc1c(C(=O)N2CCOCC2)cnc2ccc(F)cc12. The van der Waals surface area contributed by atoms with Gasteiger partial charge in [0, 0.05) is 35.4 Å². The molecule has 5 nitrogen and oxygen atoms in total. The first-order chi connectivity index (χ1) is 13.5. The average Bonchev–Trinajstić information content (AvgIpc) is 2.71.